The van der Waals surface area contributed by atoms with Gasteiger partial charge in [0.2, 0.25) is 5.91 Å². The van der Waals surface area contributed by atoms with Gasteiger partial charge in [-0.15, -0.1) is 11.3 Å². The summed E-state index contributed by atoms with van der Waals surface area (Å²) in [6, 6.07) is 17.3. The third-order valence-electron chi connectivity index (χ3n) is 4.49. The molecule has 5 nitrogen and oxygen atoms in total. The quantitative estimate of drug-likeness (QED) is 0.388. The number of fused-ring (bicyclic) bond motifs is 1. The van der Waals surface area contributed by atoms with Crippen molar-refractivity contribution in [3.63, 3.8) is 0 Å². The zero-order chi connectivity index (χ0) is 20.8. The molecular formula is C23H20ClN3O2S. The van der Waals surface area contributed by atoms with Crippen LogP contribution in [-0.2, 0) is 11.2 Å². The average Bonchev–Trinajstić information content (AvgIpc) is 3.22. The Bertz CT molecular complexity index is 1160. The zero-order valence-corrected chi connectivity index (χ0v) is 17.7. The molecule has 0 saturated carbocycles. The van der Waals surface area contributed by atoms with E-state index in [1.165, 1.54) is 11.3 Å². The monoisotopic (exact) mass is 437 g/mol. The Labute approximate surface area is 183 Å². The highest BCUT2D eigenvalue weighted by Gasteiger charge is 2.11. The number of para-hydroxylation sites is 1. The van der Waals surface area contributed by atoms with Crippen LogP contribution in [0.25, 0.3) is 21.5 Å². The van der Waals surface area contributed by atoms with E-state index in [0.717, 1.165) is 32.9 Å². The third-order valence-corrected chi connectivity index (χ3v) is 5.75. The number of benzene rings is 2. The number of nitrogens with zero attached hydrogens (tertiary/aromatic N) is 2. The molecule has 4 rings (SSSR count). The second-order valence-electron chi connectivity index (χ2n) is 6.68. The van der Waals surface area contributed by atoms with Crippen molar-refractivity contribution in [3.05, 3.63) is 76.9 Å². The van der Waals surface area contributed by atoms with E-state index in [1.807, 2.05) is 60.0 Å². The first-order valence-electron chi connectivity index (χ1n) is 9.63. The number of rotatable bonds is 8. The average molecular weight is 438 g/mol. The Morgan fingerprint density at radius 1 is 1.10 bits per heavy atom. The molecule has 0 radical (unpaired) electrons. The molecule has 2 aromatic carbocycles. The lowest BCUT2D eigenvalue weighted by molar-refractivity contribution is -0.120. The van der Waals surface area contributed by atoms with Crippen molar-refractivity contribution in [2.24, 2.45) is 0 Å². The van der Waals surface area contributed by atoms with Crippen molar-refractivity contribution in [2.45, 2.75) is 12.8 Å². The molecule has 1 N–H and O–H groups in total. The molecule has 0 atom stereocenters. The molecule has 152 valence electrons. The minimum atomic E-state index is -0.0576. The molecule has 0 fully saturated rings. The van der Waals surface area contributed by atoms with Crippen LogP contribution in [0.1, 0.15) is 12.1 Å². The summed E-state index contributed by atoms with van der Waals surface area (Å²) < 4.78 is 5.85. The number of nitrogens with one attached hydrogen (secondary N) is 1. The van der Waals surface area contributed by atoms with E-state index in [-0.39, 0.29) is 12.3 Å². The van der Waals surface area contributed by atoms with Gasteiger partial charge < -0.3 is 10.1 Å². The van der Waals surface area contributed by atoms with Crippen molar-refractivity contribution in [3.8, 4) is 16.3 Å². The van der Waals surface area contributed by atoms with E-state index in [4.69, 9.17) is 16.3 Å². The minimum Gasteiger partial charge on any atom is -0.491 e. The molecule has 4 aromatic rings. The van der Waals surface area contributed by atoms with E-state index in [9.17, 15) is 4.79 Å². The fourth-order valence-corrected chi connectivity index (χ4v) is 4.19. The fourth-order valence-electron chi connectivity index (χ4n) is 3.05. The van der Waals surface area contributed by atoms with Gasteiger partial charge in [0.25, 0.3) is 0 Å². The molecular weight excluding hydrogens is 418 g/mol. The van der Waals surface area contributed by atoms with Crippen molar-refractivity contribution in [2.75, 3.05) is 13.2 Å². The van der Waals surface area contributed by atoms with Crippen LogP contribution in [0.15, 0.2) is 66.2 Å². The summed E-state index contributed by atoms with van der Waals surface area (Å²) in [6.07, 6.45) is 2.71. The van der Waals surface area contributed by atoms with Crippen molar-refractivity contribution < 1.29 is 9.53 Å². The lowest BCUT2D eigenvalue weighted by atomic mass is 10.2. The van der Waals surface area contributed by atoms with E-state index in [1.54, 1.807) is 6.20 Å². The van der Waals surface area contributed by atoms with Crippen LogP contribution in [0, 0.1) is 0 Å². The summed E-state index contributed by atoms with van der Waals surface area (Å²) in [5.74, 6) is 0.701. The summed E-state index contributed by atoms with van der Waals surface area (Å²) in [5.41, 5.74) is 2.48. The molecule has 30 heavy (non-hydrogen) atoms. The highest BCUT2D eigenvalue weighted by atomic mass is 35.5. The largest absolute Gasteiger partial charge is 0.491 e. The van der Waals surface area contributed by atoms with Crippen LogP contribution >= 0.6 is 22.9 Å². The molecule has 0 aliphatic rings. The Kier molecular flexibility index (Phi) is 6.57. The maximum absolute atomic E-state index is 12.2. The maximum atomic E-state index is 12.2. The van der Waals surface area contributed by atoms with E-state index >= 15 is 0 Å². The molecule has 0 aliphatic heterocycles. The number of aromatic nitrogens is 2. The lowest BCUT2D eigenvalue weighted by Crippen LogP contribution is -2.27. The molecule has 1 amide bonds. The summed E-state index contributed by atoms with van der Waals surface area (Å²) >= 11 is 7.71. The number of carbonyl (C=O) groups is 1. The normalized spacial score (nSPS) is 10.8. The Morgan fingerprint density at radius 3 is 2.87 bits per heavy atom. The molecule has 0 aliphatic carbocycles. The molecule has 2 heterocycles. The Morgan fingerprint density at radius 2 is 1.97 bits per heavy atom. The van der Waals surface area contributed by atoms with Crippen LogP contribution in [0.2, 0.25) is 5.02 Å². The zero-order valence-electron chi connectivity index (χ0n) is 16.2. The second-order valence-corrected chi connectivity index (χ2v) is 7.95. The summed E-state index contributed by atoms with van der Waals surface area (Å²) in [6.45, 7) is 1.04. The van der Waals surface area contributed by atoms with Crippen LogP contribution in [0.5, 0.6) is 5.75 Å². The van der Waals surface area contributed by atoms with Crippen molar-refractivity contribution in [1.29, 1.82) is 0 Å². The molecule has 0 saturated heterocycles. The van der Waals surface area contributed by atoms with Gasteiger partial charge >= 0.3 is 0 Å². The third kappa shape index (κ3) is 4.96. The van der Waals surface area contributed by atoms with Crippen LogP contribution in [-0.4, -0.2) is 29.0 Å². The Balaban J connectivity index is 1.23. The number of hydrogen-bond acceptors (Lipinski definition) is 5. The van der Waals surface area contributed by atoms with E-state index in [2.05, 4.69) is 15.3 Å². The molecule has 0 bridgehead atoms. The van der Waals surface area contributed by atoms with Gasteiger partial charge in [-0.3, -0.25) is 9.78 Å². The number of halogens is 1. The van der Waals surface area contributed by atoms with Gasteiger partial charge in [-0.05, 0) is 24.6 Å². The number of amides is 1. The molecule has 0 unspecified atom stereocenters. The topological polar surface area (TPSA) is 64.1 Å². The van der Waals surface area contributed by atoms with Gasteiger partial charge in [0, 0.05) is 29.1 Å². The van der Waals surface area contributed by atoms with Gasteiger partial charge in [0.15, 0.2) is 0 Å². The van der Waals surface area contributed by atoms with E-state index < -0.39 is 0 Å². The first-order valence-corrected chi connectivity index (χ1v) is 10.9. The van der Waals surface area contributed by atoms with Gasteiger partial charge in [0.1, 0.15) is 16.3 Å². The SMILES string of the molecule is O=C(Cc1csc(-c2ccccc2Cl)n1)NCCCOc1cccc2cccnc12. The first-order chi connectivity index (χ1) is 14.7. The predicted molar refractivity (Wildman–Crippen MR) is 121 cm³/mol. The van der Waals surface area contributed by atoms with Gasteiger partial charge in [-0.2, -0.15) is 0 Å². The lowest BCUT2D eigenvalue weighted by Gasteiger charge is -2.09. The molecule has 0 spiro atoms. The van der Waals surface area contributed by atoms with E-state index in [0.29, 0.717) is 24.6 Å². The molecule has 7 heteroatoms. The maximum Gasteiger partial charge on any atom is 0.226 e. The van der Waals surface area contributed by atoms with Crippen LogP contribution < -0.4 is 10.1 Å². The second kappa shape index (κ2) is 9.69. The predicted octanol–water partition coefficient (Wildman–Crippen LogP) is 5.14. The summed E-state index contributed by atoms with van der Waals surface area (Å²) in [7, 11) is 0. The molecule has 2 aromatic heterocycles. The summed E-state index contributed by atoms with van der Waals surface area (Å²) in [5, 5.41) is 7.34. The van der Waals surface area contributed by atoms with Gasteiger partial charge in [0.05, 0.1) is 23.7 Å². The van der Waals surface area contributed by atoms with Crippen molar-refractivity contribution >= 4 is 39.7 Å². The minimum absolute atomic E-state index is 0.0576. The van der Waals surface area contributed by atoms with Crippen LogP contribution in [0.3, 0.4) is 0 Å². The van der Waals surface area contributed by atoms with Gasteiger partial charge in [-0.25, -0.2) is 4.98 Å². The number of carbonyl (C=O) groups excluding carboxylic acids is 1. The van der Waals surface area contributed by atoms with Crippen molar-refractivity contribution in [1.82, 2.24) is 15.3 Å². The first kappa shape index (κ1) is 20.3. The number of thiazole rings is 1. The van der Waals surface area contributed by atoms with Crippen LogP contribution in [0.4, 0.5) is 0 Å². The number of hydrogen-bond donors (Lipinski definition) is 1. The fraction of sp³-hybridized carbons (Fsp3) is 0.174. The smallest absolute Gasteiger partial charge is 0.226 e. The summed E-state index contributed by atoms with van der Waals surface area (Å²) in [4.78, 5) is 21.1. The highest BCUT2D eigenvalue weighted by Crippen LogP contribution is 2.30. The van der Waals surface area contributed by atoms with Gasteiger partial charge in [-0.1, -0.05) is 48.0 Å². The number of pyridine rings is 1. The Hall–Kier alpha value is -2.96. The number of ether oxygens (including phenoxy) is 1. The standard InChI is InChI=1S/C23H20ClN3O2S/c24-19-9-2-1-8-18(19)23-27-17(15-30-23)14-21(28)25-12-5-13-29-20-10-3-6-16-7-4-11-26-22(16)20/h1-4,6-11,15H,5,12-14H2,(H,25,28). The highest BCUT2D eigenvalue weighted by molar-refractivity contribution is 7.13.